The van der Waals surface area contributed by atoms with Crippen LogP contribution >= 0.6 is 11.8 Å². The van der Waals surface area contributed by atoms with Gasteiger partial charge in [0.1, 0.15) is 0 Å². The Kier molecular flexibility index (Phi) is 4.04. The quantitative estimate of drug-likeness (QED) is 0.873. The fourth-order valence-corrected chi connectivity index (χ4v) is 2.51. The summed E-state index contributed by atoms with van der Waals surface area (Å²) in [6.07, 6.45) is -4.58. The number of aromatic carboxylic acids is 1. The molecule has 0 spiro atoms. The van der Waals surface area contributed by atoms with E-state index in [1.165, 1.54) is 0 Å². The highest BCUT2D eigenvalue weighted by Crippen LogP contribution is 2.35. The Morgan fingerprint density at radius 3 is 2.25 bits per heavy atom. The number of hydrogen-bond donors (Lipinski definition) is 0. The molecule has 0 amide bonds. The van der Waals surface area contributed by atoms with Crippen LogP contribution in [-0.2, 0) is 6.18 Å². The van der Waals surface area contributed by atoms with Crippen molar-refractivity contribution in [3.8, 4) is 0 Å². The molecule has 0 saturated carbocycles. The number of carboxylic acids is 1. The van der Waals surface area contributed by atoms with Gasteiger partial charge in [0.05, 0.1) is 11.5 Å². The zero-order valence-electron chi connectivity index (χ0n) is 9.98. The van der Waals surface area contributed by atoms with Crippen molar-refractivity contribution in [3.63, 3.8) is 0 Å². The molecule has 0 aliphatic rings. The molecule has 20 heavy (non-hydrogen) atoms. The number of carbonyl (C=O) groups excluding carboxylic acids is 1. The normalized spacial score (nSPS) is 11.3. The summed E-state index contributed by atoms with van der Waals surface area (Å²) in [7, 11) is 0. The molecule has 0 aliphatic heterocycles. The van der Waals surface area contributed by atoms with Crippen LogP contribution in [0.2, 0.25) is 0 Å². The molecule has 0 unspecified atom stereocenters. The van der Waals surface area contributed by atoms with Crippen molar-refractivity contribution in [2.75, 3.05) is 0 Å². The summed E-state index contributed by atoms with van der Waals surface area (Å²) in [5.74, 6) is -1.63. The number of rotatable bonds is 3. The van der Waals surface area contributed by atoms with Gasteiger partial charge in [0.2, 0.25) is 0 Å². The van der Waals surface area contributed by atoms with Gasteiger partial charge >= 0.3 is 6.18 Å². The number of benzene rings is 2. The second-order valence-electron chi connectivity index (χ2n) is 3.91. The highest BCUT2D eigenvalue weighted by atomic mass is 32.2. The number of carboxylic acid groups (broad SMARTS) is 1. The molecule has 0 heterocycles. The van der Waals surface area contributed by atoms with Gasteiger partial charge in [0, 0.05) is 15.4 Å². The first-order valence-electron chi connectivity index (χ1n) is 5.53. The highest BCUT2D eigenvalue weighted by Gasteiger charge is 2.31. The van der Waals surface area contributed by atoms with Crippen LogP contribution in [0.4, 0.5) is 13.2 Å². The summed E-state index contributed by atoms with van der Waals surface area (Å²) < 4.78 is 37.7. The minimum atomic E-state index is -4.58. The number of carbonyl (C=O) groups is 1. The van der Waals surface area contributed by atoms with E-state index in [0.717, 1.165) is 28.8 Å². The van der Waals surface area contributed by atoms with E-state index in [-0.39, 0.29) is 4.90 Å². The number of alkyl halides is 3. The molecular formula is C14H8F3O2S-. The fourth-order valence-electron chi connectivity index (χ4n) is 1.57. The molecule has 2 nitrogen and oxygen atoms in total. The Morgan fingerprint density at radius 1 is 1.05 bits per heavy atom. The summed E-state index contributed by atoms with van der Waals surface area (Å²) in [4.78, 5) is 11.9. The largest absolute Gasteiger partial charge is 0.545 e. The van der Waals surface area contributed by atoms with E-state index in [0.29, 0.717) is 6.07 Å². The van der Waals surface area contributed by atoms with Crippen LogP contribution in [0, 0.1) is 0 Å². The minimum Gasteiger partial charge on any atom is -0.545 e. The molecule has 0 fully saturated rings. The van der Waals surface area contributed by atoms with Crippen molar-refractivity contribution in [2.24, 2.45) is 0 Å². The van der Waals surface area contributed by atoms with Crippen molar-refractivity contribution >= 4 is 17.7 Å². The lowest BCUT2D eigenvalue weighted by Crippen LogP contribution is -2.23. The average molecular weight is 297 g/mol. The lowest BCUT2D eigenvalue weighted by atomic mass is 10.1. The first-order valence-corrected chi connectivity index (χ1v) is 6.35. The topological polar surface area (TPSA) is 40.1 Å². The van der Waals surface area contributed by atoms with Gasteiger partial charge in [-0.25, -0.2) is 0 Å². The van der Waals surface area contributed by atoms with Gasteiger partial charge in [-0.1, -0.05) is 30.0 Å². The summed E-state index contributed by atoms with van der Waals surface area (Å²) in [6, 6.07) is 11.4. The monoisotopic (exact) mass is 297 g/mol. The third-order valence-corrected chi connectivity index (χ3v) is 3.58. The van der Waals surface area contributed by atoms with Gasteiger partial charge in [0.25, 0.3) is 0 Å². The molecule has 0 radical (unpaired) electrons. The molecule has 0 N–H and O–H groups in total. The summed E-state index contributed by atoms with van der Waals surface area (Å²) in [6.45, 7) is 0. The molecule has 6 heteroatoms. The van der Waals surface area contributed by atoms with E-state index < -0.39 is 23.3 Å². The molecule has 104 valence electrons. The van der Waals surface area contributed by atoms with E-state index in [1.807, 2.05) is 0 Å². The Labute approximate surface area is 117 Å². The molecule has 2 aromatic carbocycles. The molecule has 0 aromatic heterocycles. The third-order valence-electron chi connectivity index (χ3n) is 2.50. The maximum absolute atomic E-state index is 12.6. The smallest absolute Gasteiger partial charge is 0.416 e. The fraction of sp³-hybridized carbons (Fsp3) is 0.0714. The predicted molar refractivity (Wildman–Crippen MR) is 66.3 cm³/mol. The maximum atomic E-state index is 12.6. The van der Waals surface area contributed by atoms with Crippen molar-refractivity contribution in [3.05, 3.63) is 59.7 Å². The molecular weight excluding hydrogens is 289 g/mol. The number of hydrogen-bond acceptors (Lipinski definition) is 3. The minimum absolute atomic E-state index is 0.212. The lowest BCUT2D eigenvalue weighted by Gasteiger charge is -2.13. The molecule has 0 bridgehead atoms. The average Bonchev–Trinajstić information content (AvgIpc) is 2.38. The van der Waals surface area contributed by atoms with Gasteiger partial charge < -0.3 is 9.90 Å². The molecule has 0 atom stereocenters. The standard InChI is InChI=1S/C14H9F3O2S/c15-14(16,17)9-6-7-12(11(8-9)13(18)19)20-10-4-2-1-3-5-10/h1-8H,(H,18,19)/p-1. The molecule has 2 rings (SSSR count). The van der Waals surface area contributed by atoms with E-state index in [2.05, 4.69) is 0 Å². The Hall–Kier alpha value is -1.95. The van der Waals surface area contributed by atoms with Crippen molar-refractivity contribution in [1.29, 1.82) is 0 Å². The third kappa shape index (κ3) is 3.33. The van der Waals surface area contributed by atoms with E-state index in [9.17, 15) is 23.1 Å². The second kappa shape index (κ2) is 5.58. The Bertz CT molecular complexity index is 624. The second-order valence-corrected chi connectivity index (χ2v) is 5.03. The van der Waals surface area contributed by atoms with Gasteiger partial charge in [-0.05, 0) is 30.3 Å². The highest BCUT2D eigenvalue weighted by molar-refractivity contribution is 7.99. The lowest BCUT2D eigenvalue weighted by molar-refractivity contribution is -0.255. The zero-order valence-corrected chi connectivity index (χ0v) is 10.8. The molecule has 0 aliphatic carbocycles. The maximum Gasteiger partial charge on any atom is 0.416 e. The van der Waals surface area contributed by atoms with Crippen molar-refractivity contribution in [1.82, 2.24) is 0 Å². The van der Waals surface area contributed by atoms with E-state index >= 15 is 0 Å². The molecule has 2 aromatic rings. The van der Waals surface area contributed by atoms with Gasteiger partial charge in [-0.15, -0.1) is 0 Å². The van der Waals surface area contributed by atoms with Crippen LogP contribution in [0.25, 0.3) is 0 Å². The van der Waals surface area contributed by atoms with Crippen LogP contribution in [0.3, 0.4) is 0 Å². The van der Waals surface area contributed by atoms with Crippen molar-refractivity contribution < 1.29 is 23.1 Å². The first-order chi connectivity index (χ1) is 9.38. The summed E-state index contributed by atoms with van der Waals surface area (Å²) >= 11 is 1.07. The van der Waals surface area contributed by atoms with Gasteiger partial charge in [0.15, 0.2) is 0 Å². The number of halogens is 3. The van der Waals surface area contributed by atoms with Crippen molar-refractivity contribution in [2.45, 2.75) is 16.0 Å². The Balaban J connectivity index is 2.41. The zero-order chi connectivity index (χ0) is 14.8. The molecule has 0 saturated heterocycles. The first kappa shape index (κ1) is 14.5. The van der Waals surface area contributed by atoms with Crippen LogP contribution in [0.5, 0.6) is 0 Å². The SMILES string of the molecule is O=C([O-])c1cc(C(F)(F)F)ccc1Sc1ccccc1. The van der Waals surface area contributed by atoms with E-state index in [1.54, 1.807) is 30.3 Å². The Morgan fingerprint density at radius 2 is 1.70 bits per heavy atom. The van der Waals surface area contributed by atoms with Crippen LogP contribution < -0.4 is 5.11 Å². The predicted octanol–water partition coefficient (Wildman–Crippen LogP) is 3.22. The van der Waals surface area contributed by atoms with Crippen LogP contribution in [0.1, 0.15) is 15.9 Å². The van der Waals surface area contributed by atoms with E-state index in [4.69, 9.17) is 0 Å². The summed E-state index contributed by atoms with van der Waals surface area (Å²) in [5.41, 5.74) is -1.47. The van der Waals surface area contributed by atoms with Crippen LogP contribution in [0.15, 0.2) is 58.3 Å². The van der Waals surface area contributed by atoms with Gasteiger partial charge in [-0.2, -0.15) is 13.2 Å². The van der Waals surface area contributed by atoms with Gasteiger partial charge in [-0.3, -0.25) is 0 Å². The summed E-state index contributed by atoms with van der Waals surface area (Å²) in [5, 5.41) is 11.0. The van der Waals surface area contributed by atoms with Crippen LogP contribution in [-0.4, -0.2) is 5.97 Å².